The molecule has 3 nitrogen and oxygen atoms in total. The van der Waals surface area contributed by atoms with Crippen LogP contribution in [-0.2, 0) is 0 Å². The van der Waals surface area contributed by atoms with Gasteiger partial charge in [0.25, 0.3) is 0 Å². The van der Waals surface area contributed by atoms with Crippen molar-refractivity contribution in [3.05, 3.63) is 36.5 Å². The van der Waals surface area contributed by atoms with Crippen LogP contribution >= 0.6 is 0 Å². The molecule has 1 heterocycles. The van der Waals surface area contributed by atoms with Crippen molar-refractivity contribution in [3.63, 3.8) is 0 Å². The van der Waals surface area contributed by atoms with Gasteiger partial charge in [-0.2, -0.15) is 0 Å². The molecule has 78 valence electrons. The number of aromatic nitrogens is 1. The molecule has 2 rings (SSSR count). The molecule has 2 aromatic rings. The molecule has 0 unspecified atom stereocenters. The Kier molecular flexibility index (Phi) is 2.63. The van der Waals surface area contributed by atoms with Crippen LogP contribution in [0.1, 0.15) is 0 Å². The Labute approximate surface area is 88.7 Å². The summed E-state index contributed by atoms with van der Waals surface area (Å²) in [5, 5.41) is 0. The monoisotopic (exact) mass is 203 g/mol. The molecule has 0 aliphatic heterocycles. The zero-order valence-corrected chi connectivity index (χ0v) is 8.78. The summed E-state index contributed by atoms with van der Waals surface area (Å²) in [6, 6.07) is 9.75. The smallest absolute Gasteiger partial charge is 0.123 e. The molecule has 1 aromatic heterocycles. The van der Waals surface area contributed by atoms with E-state index in [1.807, 2.05) is 36.5 Å². The van der Waals surface area contributed by atoms with Crippen molar-refractivity contribution in [3.8, 4) is 22.8 Å². The maximum absolute atomic E-state index is 5.20. The highest BCUT2D eigenvalue weighted by atomic mass is 16.5. The summed E-state index contributed by atoms with van der Waals surface area (Å²) in [7, 11) is 3.29. The molecule has 0 aliphatic rings. The van der Waals surface area contributed by atoms with Crippen LogP contribution < -0.4 is 9.47 Å². The summed E-state index contributed by atoms with van der Waals surface area (Å²) >= 11 is 0. The minimum absolute atomic E-state index is 0.791. The maximum Gasteiger partial charge on any atom is 0.123 e. The van der Waals surface area contributed by atoms with Crippen LogP contribution in [0.5, 0.6) is 11.5 Å². The Bertz CT molecular complexity index is 413. The summed E-state index contributed by atoms with van der Waals surface area (Å²) in [4.78, 5) is 3.14. The minimum Gasteiger partial charge on any atom is -0.497 e. The highest BCUT2D eigenvalue weighted by molar-refractivity contribution is 5.64. The summed E-state index contributed by atoms with van der Waals surface area (Å²) in [6.07, 6.45) is 1.89. The van der Waals surface area contributed by atoms with Gasteiger partial charge in [-0.3, -0.25) is 0 Å². The van der Waals surface area contributed by atoms with E-state index < -0.39 is 0 Å². The summed E-state index contributed by atoms with van der Waals surface area (Å²) in [5.41, 5.74) is 2.10. The van der Waals surface area contributed by atoms with E-state index >= 15 is 0 Å². The topological polar surface area (TPSA) is 34.2 Å². The van der Waals surface area contributed by atoms with Gasteiger partial charge in [-0.15, -0.1) is 0 Å². The fourth-order valence-electron chi connectivity index (χ4n) is 1.47. The van der Waals surface area contributed by atoms with E-state index in [0.29, 0.717) is 0 Å². The quantitative estimate of drug-likeness (QED) is 0.832. The van der Waals surface area contributed by atoms with Gasteiger partial charge in [-0.25, -0.2) is 0 Å². The minimum atomic E-state index is 0.791. The average molecular weight is 203 g/mol. The molecule has 0 amide bonds. The Morgan fingerprint density at radius 1 is 1.00 bits per heavy atom. The normalized spacial score (nSPS) is 10.0. The number of hydrogen-bond acceptors (Lipinski definition) is 2. The summed E-state index contributed by atoms with van der Waals surface area (Å²) in [6.45, 7) is 0. The van der Waals surface area contributed by atoms with Crippen LogP contribution in [0.2, 0.25) is 0 Å². The van der Waals surface area contributed by atoms with Gasteiger partial charge in [0.2, 0.25) is 0 Å². The van der Waals surface area contributed by atoms with Crippen molar-refractivity contribution in [1.82, 2.24) is 4.98 Å². The van der Waals surface area contributed by atoms with Crippen LogP contribution in [0.15, 0.2) is 36.5 Å². The molecule has 1 N–H and O–H groups in total. The molecule has 0 atom stereocenters. The maximum atomic E-state index is 5.20. The van der Waals surface area contributed by atoms with Crippen molar-refractivity contribution in [2.75, 3.05) is 14.2 Å². The standard InChI is InChI=1S/C12H13NO2/c1-14-10-6-9(7-11(8-10)15-2)12-4-3-5-13-12/h3-8,13H,1-2H3. The largest absolute Gasteiger partial charge is 0.497 e. The lowest BCUT2D eigenvalue weighted by Gasteiger charge is -2.07. The second kappa shape index (κ2) is 4.09. The molecular weight excluding hydrogens is 190 g/mol. The highest BCUT2D eigenvalue weighted by Gasteiger charge is 2.03. The third kappa shape index (κ3) is 1.96. The van der Waals surface area contributed by atoms with Gasteiger partial charge in [0, 0.05) is 23.5 Å². The summed E-state index contributed by atoms with van der Waals surface area (Å²) < 4.78 is 10.4. The molecule has 0 saturated heterocycles. The van der Waals surface area contributed by atoms with Crippen LogP contribution in [0.25, 0.3) is 11.3 Å². The van der Waals surface area contributed by atoms with Crippen LogP contribution in [0, 0.1) is 0 Å². The van der Waals surface area contributed by atoms with Crippen LogP contribution in [-0.4, -0.2) is 19.2 Å². The van der Waals surface area contributed by atoms with Crippen molar-refractivity contribution >= 4 is 0 Å². The van der Waals surface area contributed by atoms with E-state index in [2.05, 4.69) is 4.98 Å². The fraction of sp³-hybridized carbons (Fsp3) is 0.167. The highest BCUT2D eigenvalue weighted by Crippen LogP contribution is 2.28. The zero-order chi connectivity index (χ0) is 10.7. The first-order chi connectivity index (χ1) is 7.33. The van der Waals surface area contributed by atoms with Gasteiger partial charge in [-0.05, 0) is 24.3 Å². The third-order valence-electron chi connectivity index (χ3n) is 2.26. The van der Waals surface area contributed by atoms with E-state index in [1.54, 1.807) is 14.2 Å². The molecule has 0 saturated carbocycles. The van der Waals surface area contributed by atoms with Gasteiger partial charge in [0.1, 0.15) is 11.5 Å². The van der Waals surface area contributed by atoms with E-state index in [-0.39, 0.29) is 0 Å². The first-order valence-corrected chi connectivity index (χ1v) is 4.70. The number of hydrogen-bond donors (Lipinski definition) is 1. The van der Waals surface area contributed by atoms with Gasteiger partial charge in [-0.1, -0.05) is 0 Å². The van der Waals surface area contributed by atoms with Crippen molar-refractivity contribution in [2.45, 2.75) is 0 Å². The molecule has 0 aliphatic carbocycles. The predicted octanol–water partition coefficient (Wildman–Crippen LogP) is 2.70. The molecule has 3 heteroatoms. The lowest BCUT2D eigenvalue weighted by atomic mass is 10.1. The third-order valence-corrected chi connectivity index (χ3v) is 2.26. The number of nitrogens with one attached hydrogen (secondary N) is 1. The summed E-state index contributed by atoms with van der Waals surface area (Å²) in [5.74, 6) is 1.58. The first kappa shape index (κ1) is 9.65. The second-order valence-electron chi connectivity index (χ2n) is 3.19. The Morgan fingerprint density at radius 2 is 1.67 bits per heavy atom. The predicted molar refractivity (Wildman–Crippen MR) is 59.3 cm³/mol. The Morgan fingerprint density at radius 3 is 2.13 bits per heavy atom. The van der Waals surface area contributed by atoms with E-state index in [1.165, 1.54) is 0 Å². The number of H-pyrrole nitrogens is 1. The van der Waals surface area contributed by atoms with Gasteiger partial charge < -0.3 is 14.5 Å². The van der Waals surface area contributed by atoms with Crippen molar-refractivity contribution in [1.29, 1.82) is 0 Å². The lowest BCUT2D eigenvalue weighted by molar-refractivity contribution is 0.394. The van der Waals surface area contributed by atoms with Gasteiger partial charge in [0.15, 0.2) is 0 Å². The molecule has 0 fully saturated rings. The zero-order valence-electron chi connectivity index (χ0n) is 8.78. The van der Waals surface area contributed by atoms with Crippen LogP contribution in [0.3, 0.4) is 0 Å². The molecular formula is C12H13NO2. The SMILES string of the molecule is COc1cc(OC)cc(-c2ccc[nH]2)c1. The van der Waals surface area contributed by atoms with Gasteiger partial charge in [0.05, 0.1) is 14.2 Å². The molecule has 1 aromatic carbocycles. The molecule has 0 spiro atoms. The molecule has 0 bridgehead atoms. The van der Waals surface area contributed by atoms with E-state index in [4.69, 9.17) is 9.47 Å². The number of aromatic amines is 1. The van der Waals surface area contributed by atoms with Crippen molar-refractivity contribution in [2.24, 2.45) is 0 Å². The number of rotatable bonds is 3. The van der Waals surface area contributed by atoms with E-state index in [9.17, 15) is 0 Å². The molecule has 15 heavy (non-hydrogen) atoms. The Hall–Kier alpha value is -1.90. The number of benzene rings is 1. The van der Waals surface area contributed by atoms with E-state index in [0.717, 1.165) is 22.8 Å². The van der Waals surface area contributed by atoms with Gasteiger partial charge >= 0.3 is 0 Å². The lowest BCUT2D eigenvalue weighted by Crippen LogP contribution is -1.88. The fourth-order valence-corrected chi connectivity index (χ4v) is 1.47. The van der Waals surface area contributed by atoms with Crippen molar-refractivity contribution < 1.29 is 9.47 Å². The second-order valence-corrected chi connectivity index (χ2v) is 3.19. The Balaban J connectivity index is 2.47. The number of methoxy groups -OCH3 is 2. The molecule has 0 radical (unpaired) electrons. The van der Waals surface area contributed by atoms with Crippen LogP contribution in [0.4, 0.5) is 0 Å². The number of ether oxygens (including phenoxy) is 2. The first-order valence-electron chi connectivity index (χ1n) is 4.70. The average Bonchev–Trinajstić information content (AvgIpc) is 2.81.